The molecule has 6 nitrogen and oxygen atoms in total. The van der Waals surface area contributed by atoms with Crippen LogP contribution >= 0.6 is 0 Å². The van der Waals surface area contributed by atoms with E-state index in [0.29, 0.717) is 25.4 Å². The molecule has 7 heteroatoms. The zero-order valence-corrected chi connectivity index (χ0v) is 14.6. The summed E-state index contributed by atoms with van der Waals surface area (Å²) in [5.74, 6) is -0.289. The van der Waals surface area contributed by atoms with E-state index in [1.54, 1.807) is 17.0 Å². The highest BCUT2D eigenvalue weighted by Gasteiger charge is 2.29. The van der Waals surface area contributed by atoms with Crippen molar-refractivity contribution in [3.8, 4) is 11.3 Å². The number of ether oxygens (including phenoxy) is 2. The van der Waals surface area contributed by atoms with Crippen molar-refractivity contribution in [1.82, 2.24) is 15.1 Å². The average molecular weight is 347 g/mol. The maximum Gasteiger partial charge on any atom is 0.410 e. The smallest absolute Gasteiger partial charge is 0.410 e. The molecular formula is C18H22FN3O3. The van der Waals surface area contributed by atoms with Gasteiger partial charge in [-0.3, -0.25) is 5.10 Å². The van der Waals surface area contributed by atoms with Gasteiger partial charge in [-0.25, -0.2) is 9.18 Å². The highest BCUT2D eigenvalue weighted by Crippen LogP contribution is 2.26. The molecule has 25 heavy (non-hydrogen) atoms. The number of nitrogens with zero attached hydrogens (tertiary/aromatic N) is 2. The SMILES string of the molecule is CC(C)(C)OC(=O)N1CCOC(c2cc(-c3ccc(F)cc3)n[nH]2)C1. The highest BCUT2D eigenvalue weighted by atomic mass is 19.1. The summed E-state index contributed by atoms with van der Waals surface area (Å²) in [4.78, 5) is 13.9. The van der Waals surface area contributed by atoms with Crippen LogP contribution in [0.2, 0.25) is 0 Å². The zero-order valence-electron chi connectivity index (χ0n) is 14.6. The summed E-state index contributed by atoms with van der Waals surface area (Å²) in [6, 6.07) is 7.99. The highest BCUT2D eigenvalue weighted by molar-refractivity contribution is 5.68. The van der Waals surface area contributed by atoms with Gasteiger partial charge in [-0.1, -0.05) is 0 Å². The third-order valence-corrected chi connectivity index (χ3v) is 3.80. The summed E-state index contributed by atoms with van der Waals surface area (Å²) in [6.45, 7) is 6.82. The van der Waals surface area contributed by atoms with E-state index in [2.05, 4.69) is 10.2 Å². The fourth-order valence-corrected chi connectivity index (χ4v) is 2.60. The number of halogens is 1. The summed E-state index contributed by atoms with van der Waals surface area (Å²) in [5.41, 5.74) is 1.75. The molecule has 1 unspecified atom stereocenters. The molecule has 0 spiro atoms. The molecule has 2 aromatic rings. The van der Waals surface area contributed by atoms with Gasteiger partial charge in [0.25, 0.3) is 0 Å². The molecule has 1 aromatic carbocycles. The molecule has 0 radical (unpaired) electrons. The number of morpholine rings is 1. The first kappa shape index (κ1) is 17.4. The number of nitrogens with one attached hydrogen (secondary N) is 1. The lowest BCUT2D eigenvalue weighted by Gasteiger charge is -2.33. The number of hydrogen-bond donors (Lipinski definition) is 1. The molecule has 2 heterocycles. The quantitative estimate of drug-likeness (QED) is 0.902. The molecule has 0 bridgehead atoms. The molecular weight excluding hydrogens is 325 g/mol. The lowest BCUT2D eigenvalue weighted by atomic mass is 10.1. The molecule has 134 valence electrons. The predicted molar refractivity (Wildman–Crippen MR) is 90.5 cm³/mol. The monoisotopic (exact) mass is 347 g/mol. The van der Waals surface area contributed by atoms with E-state index in [9.17, 15) is 9.18 Å². The van der Waals surface area contributed by atoms with Crippen molar-refractivity contribution in [2.45, 2.75) is 32.5 Å². The second-order valence-electron chi connectivity index (χ2n) is 7.00. The third kappa shape index (κ3) is 4.36. The number of aromatic amines is 1. The molecule has 1 aliphatic heterocycles. The summed E-state index contributed by atoms with van der Waals surface area (Å²) >= 11 is 0. The molecule has 1 fully saturated rings. The number of benzene rings is 1. The van der Waals surface area contributed by atoms with Crippen LogP contribution in [0.4, 0.5) is 9.18 Å². The van der Waals surface area contributed by atoms with Gasteiger partial charge in [0, 0.05) is 12.1 Å². The molecule has 3 rings (SSSR count). The van der Waals surface area contributed by atoms with Gasteiger partial charge in [0.2, 0.25) is 0 Å². The Balaban J connectivity index is 1.70. The van der Waals surface area contributed by atoms with Gasteiger partial charge in [-0.15, -0.1) is 0 Å². The van der Waals surface area contributed by atoms with Crippen LogP contribution in [0, 0.1) is 5.82 Å². The first-order chi connectivity index (χ1) is 11.8. The minimum absolute atomic E-state index is 0.289. The number of rotatable bonds is 2. The Bertz CT molecular complexity index is 737. The van der Waals surface area contributed by atoms with Gasteiger partial charge in [-0.2, -0.15) is 5.10 Å². The Kier molecular flexibility index (Phi) is 4.76. The Morgan fingerprint density at radius 2 is 2.08 bits per heavy atom. The standard InChI is InChI=1S/C18H22FN3O3/c1-18(2,3)25-17(23)22-8-9-24-16(11-22)15-10-14(20-21-15)12-4-6-13(19)7-5-12/h4-7,10,16H,8-9,11H2,1-3H3,(H,20,21). The summed E-state index contributed by atoms with van der Waals surface area (Å²) in [7, 11) is 0. The number of H-pyrrole nitrogens is 1. The molecule has 1 aliphatic rings. The minimum atomic E-state index is -0.533. The van der Waals surface area contributed by atoms with E-state index >= 15 is 0 Å². The summed E-state index contributed by atoms with van der Waals surface area (Å²) in [5, 5.41) is 7.21. The second-order valence-corrected chi connectivity index (χ2v) is 7.00. The van der Waals surface area contributed by atoms with Crippen molar-refractivity contribution in [3.63, 3.8) is 0 Å². The van der Waals surface area contributed by atoms with E-state index in [0.717, 1.165) is 11.3 Å². The topological polar surface area (TPSA) is 67.4 Å². The number of amides is 1. The van der Waals surface area contributed by atoms with Crippen LogP contribution in [0.5, 0.6) is 0 Å². The van der Waals surface area contributed by atoms with Crippen LogP contribution in [0.25, 0.3) is 11.3 Å². The van der Waals surface area contributed by atoms with Crippen LogP contribution in [-0.2, 0) is 9.47 Å². The fourth-order valence-electron chi connectivity index (χ4n) is 2.60. The number of carbonyl (C=O) groups excluding carboxylic acids is 1. The van der Waals surface area contributed by atoms with Crippen LogP contribution < -0.4 is 0 Å². The van der Waals surface area contributed by atoms with Gasteiger partial charge in [0.05, 0.1) is 24.5 Å². The molecule has 0 aliphatic carbocycles. The Morgan fingerprint density at radius 3 is 2.76 bits per heavy atom. The third-order valence-electron chi connectivity index (χ3n) is 3.80. The van der Waals surface area contributed by atoms with E-state index in [4.69, 9.17) is 9.47 Å². The van der Waals surface area contributed by atoms with Gasteiger partial charge >= 0.3 is 6.09 Å². The Labute approximate surface area is 145 Å². The largest absolute Gasteiger partial charge is 0.444 e. The van der Waals surface area contributed by atoms with Crippen molar-refractivity contribution in [3.05, 3.63) is 41.8 Å². The Hall–Kier alpha value is -2.41. The molecule has 1 atom stereocenters. The van der Waals surface area contributed by atoms with Crippen molar-refractivity contribution in [2.24, 2.45) is 0 Å². The number of aromatic nitrogens is 2. The Morgan fingerprint density at radius 1 is 1.36 bits per heavy atom. The van der Waals surface area contributed by atoms with E-state index in [1.165, 1.54) is 12.1 Å². The van der Waals surface area contributed by atoms with E-state index in [1.807, 2.05) is 26.8 Å². The normalized spacial score (nSPS) is 18.2. The maximum absolute atomic E-state index is 13.0. The second kappa shape index (κ2) is 6.84. The summed E-state index contributed by atoms with van der Waals surface area (Å²) in [6.07, 6.45) is -0.651. The lowest BCUT2D eigenvalue weighted by Crippen LogP contribution is -2.44. The van der Waals surface area contributed by atoms with Crippen molar-refractivity contribution >= 4 is 6.09 Å². The molecule has 1 aromatic heterocycles. The van der Waals surface area contributed by atoms with E-state index < -0.39 is 5.60 Å². The van der Waals surface area contributed by atoms with Crippen molar-refractivity contribution < 1.29 is 18.7 Å². The maximum atomic E-state index is 13.0. The van der Waals surface area contributed by atoms with Crippen LogP contribution in [0.3, 0.4) is 0 Å². The molecule has 1 saturated heterocycles. The van der Waals surface area contributed by atoms with Crippen molar-refractivity contribution in [2.75, 3.05) is 19.7 Å². The minimum Gasteiger partial charge on any atom is -0.444 e. The molecule has 1 N–H and O–H groups in total. The van der Waals surface area contributed by atoms with Gasteiger partial charge in [0.15, 0.2) is 0 Å². The molecule has 0 saturated carbocycles. The van der Waals surface area contributed by atoms with Crippen LogP contribution in [0.15, 0.2) is 30.3 Å². The zero-order chi connectivity index (χ0) is 18.0. The summed E-state index contributed by atoms with van der Waals surface area (Å²) < 4.78 is 24.2. The van der Waals surface area contributed by atoms with Gasteiger partial charge in [-0.05, 0) is 51.1 Å². The average Bonchev–Trinajstić information content (AvgIpc) is 3.04. The number of carbonyl (C=O) groups is 1. The van der Waals surface area contributed by atoms with Crippen LogP contribution in [-0.4, -0.2) is 46.5 Å². The van der Waals surface area contributed by atoms with E-state index in [-0.39, 0.29) is 18.0 Å². The lowest BCUT2D eigenvalue weighted by molar-refractivity contribution is -0.0447. The van der Waals surface area contributed by atoms with Crippen molar-refractivity contribution in [1.29, 1.82) is 0 Å². The number of hydrogen-bond acceptors (Lipinski definition) is 4. The first-order valence-corrected chi connectivity index (χ1v) is 8.22. The van der Waals surface area contributed by atoms with Gasteiger partial charge < -0.3 is 14.4 Å². The van der Waals surface area contributed by atoms with Crippen LogP contribution in [0.1, 0.15) is 32.6 Å². The molecule has 1 amide bonds. The fraction of sp³-hybridized carbons (Fsp3) is 0.444. The first-order valence-electron chi connectivity index (χ1n) is 8.22. The van der Waals surface area contributed by atoms with Gasteiger partial charge in [0.1, 0.15) is 17.5 Å². The predicted octanol–water partition coefficient (Wildman–Crippen LogP) is 3.52.